The second-order valence-electron chi connectivity index (χ2n) is 4.14. The molecule has 90 valence electrons. The second kappa shape index (κ2) is 5.17. The minimum Gasteiger partial charge on any atom is -0.496 e. The first kappa shape index (κ1) is 11.9. The predicted molar refractivity (Wildman–Crippen MR) is 69.1 cm³/mol. The molecule has 2 rings (SSSR count). The van der Waals surface area contributed by atoms with Gasteiger partial charge in [-0.2, -0.15) is 0 Å². The van der Waals surface area contributed by atoms with Gasteiger partial charge in [0.15, 0.2) is 0 Å². The molecule has 0 bridgehead atoms. The number of nitrogens with two attached hydrogens (primary N) is 1. The smallest absolute Gasteiger partial charge is 0.126 e. The Labute approximate surface area is 101 Å². The van der Waals surface area contributed by atoms with Crippen molar-refractivity contribution in [3.63, 3.8) is 0 Å². The molecule has 1 unspecified atom stereocenters. The first-order valence-electron chi connectivity index (χ1n) is 5.65. The Morgan fingerprint density at radius 1 is 1.12 bits per heavy atom. The van der Waals surface area contributed by atoms with Crippen LogP contribution in [0.25, 0.3) is 10.8 Å². The van der Waals surface area contributed by atoms with Crippen LogP contribution in [0.3, 0.4) is 0 Å². The van der Waals surface area contributed by atoms with Gasteiger partial charge in [0.05, 0.1) is 13.7 Å². The zero-order valence-corrected chi connectivity index (χ0v) is 10.1. The van der Waals surface area contributed by atoms with E-state index in [0.717, 1.165) is 11.1 Å². The summed E-state index contributed by atoms with van der Waals surface area (Å²) in [5.41, 5.74) is 1.23. The van der Waals surface area contributed by atoms with Gasteiger partial charge in [0.25, 0.3) is 0 Å². The third-order valence-electron chi connectivity index (χ3n) is 3.01. The molecule has 2 N–H and O–H groups in total. The van der Waals surface area contributed by atoms with Crippen LogP contribution in [0.5, 0.6) is 5.75 Å². The van der Waals surface area contributed by atoms with Crippen LogP contribution in [-0.4, -0.2) is 13.7 Å². The molecule has 17 heavy (non-hydrogen) atoms. The van der Waals surface area contributed by atoms with E-state index in [-0.39, 0.29) is 5.92 Å². The molecule has 0 saturated carbocycles. The largest absolute Gasteiger partial charge is 0.496 e. The summed E-state index contributed by atoms with van der Waals surface area (Å²) >= 11 is 0. The van der Waals surface area contributed by atoms with Gasteiger partial charge in [-0.25, -0.2) is 5.90 Å². The number of ether oxygens (including phenoxy) is 1. The minimum atomic E-state index is 0.260. The van der Waals surface area contributed by atoms with Crippen LogP contribution in [0.15, 0.2) is 36.4 Å². The lowest BCUT2D eigenvalue weighted by molar-refractivity contribution is 0.127. The van der Waals surface area contributed by atoms with E-state index in [0.29, 0.717) is 6.61 Å². The van der Waals surface area contributed by atoms with Crippen molar-refractivity contribution in [3.8, 4) is 5.75 Å². The molecule has 0 saturated heterocycles. The summed E-state index contributed by atoms with van der Waals surface area (Å²) in [4.78, 5) is 4.73. The molecule has 0 aliphatic rings. The molecule has 3 nitrogen and oxygen atoms in total. The lowest BCUT2D eigenvalue weighted by Crippen LogP contribution is -2.09. The molecule has 3 heteroatoms. The average molecular weight is 231 g/mol. The van der Waals surface area contributed by atoms with Crippen LogP contribution in [0, 0.1) is 0 Å². The van der Waals surface area contributed by atoms with Crippen LogP contribution >= 0.6 is 0 Å². The highest BCUT2D eigenvalue weighted by atomic mass is 16.6. The van der Waals surface area contributed by atoms with Gasteiger partial charge in [0.1, 0.15) is 5.75 Å². The number of benzene rings is 2. The van der Waals surface area contributed by atoms with Crippen molar-refractivity contribution in [1.82, 2.24) is 0 Å². The fraction of sp³-hybridized carbons (Fsp3) is 0.286. The first-order valence-corrected chi connectivity index (χ1v) is 5.65. The van der Waals surface area contributed by atoms with E-state index in [4.69, 9.17) is 15.5 Å². The Hall–Kier alpha value is -1.58. The standard InChI is InChI=1S/C14H17NO2/c1-10(9-17-15)11-7-8-14(16-2)13-6-4-3-5-12(11)13/h3-8,10H,9,15H2,1-2H3. The monoisotopic (exact) mass is 231 g/mol. The van der Waals surface area contributed by atoms with Gasteiger partial charge in [-0.3, -0.25) is 0 Å². The molecule has 0 fully saturated rings. The van der Waals surface area contributed by atoms with Gasteiger partial charge in [0, 0.05) is 11.3 Å². The first-order chi connectivity index (χ1) is 8.27. The Kier molecular flexibility index (Phi) is 3.61. The van der Waals surface area contributed by atoms with Gasteiger partial charge in [-0.1, -0.05) is 37.3 Å². The summed E-state index contributed by atoms with van der Waals surface area (Å²) in [7, 11) is 1.69. The number of fused-ring (bicyclic) bond motifs is 1. The highest BCUT2D eigenvalue weighted by Gasteiger charge is 2.11. The van der Waals surface area contributed by atoms with Gasteiger partial charge < -0.3 is 9.57 Å². The lowest BCUT2D eigenvalue weighted by Gasteiger charge is -2.15. The van der Waals surface area contributed by atoms with Crippen molar-refractivity contribution in [3.05, 3.63) is 42.0 Å². The fourth-order valence-electron chi connectivity index (χ4n) is 2.14. The molecular weight excluding hydrogens is 214 g/mol. The summed E-state index contributed by atoms with van der Waals surface area (Å²) in [6.45, 7) is 2.61. The Bertz CT molecular complexity index is 511. The van der Waals surface area contributed by atoms with E-state index in [9.17, 15) is 0 Å². The Morgan fingerprint density at radius 3 is 2.47 bits per heavy atom. The molecule has 0 aromatic heterocycles. The maximum absolute atomic E-state index is 5.37. The molecule has 2 aromatic rings. The molecular formula is C14H17NO2. The quantitative estimate of drug-likeness (QED) is 0.823. The van der Waals surface area contributed by atoms with Gasteiger partial charge in [-0.15, -0.1) is 0 Å². The summed E-state index contributed by atoms with van der Waals surface area (Å²) in [5, 5.41) is 2.31. The van der Waals surface area contributed by atoms with Crippen LogP contribution < -0.4 is 10.6 Å². The molecule has 0 radical (unpaired) electrons. The third-order valence-corrected chi connectivity index (χ3v) is 3.01. The molecule has 0 aliphatic heterocycles. The predicted octanol–water partition coefficient (Wildman–Crippen LogP) is 2.84. The van der Waals surface area contributed by atoms with E-state index in [1.807, 2.05) is 18.2 Å². The van der Waals surface area contributed by atoms with Crippen molar-refractivity contribution < 1.29 is 9.57 Å². The maximum Gasteiger partial charge on any atom is 0.126 e. The SMILES string of the molecule is COc1ccc(C(C)CON)c2ccccc12. The number of rotatable bonds is 4. The average Bonchev–Trinajstić information content (AvgIpc) is 2.37. The lowest BCUT2D eigenvalue weighted by atomic mass is 9.95. The summed E-state index contributed by atoms with van der Waals surface area (Å²) < 4.78 is 5.37. The molecule has 1 atom stereocenters. The van der Waals surface area contributed by atoms with Gasteiger partial charge >= 0.3 is 0 Å². The molecule has 0 heterocycles. The van der Waals surface area contributed by atoms with E-state index in [2.05, 4.69) is 25.1 Å². The van der Waals surface area contributed by atoms with Crippen molar-refractivity contribution in [2.45, 2.75) is 12.8 Å². The topological polar surface area (TPSA) is 44.5 Å². The highest BCUT2D eigenvalue weighted by molar-refractivity contribution is 5.91. The fourth-order valence-corrected chi connectivity index (χ4v) is 2.14. The summed E-state index contributed by atoms with van der Waals surface area (Å²) in [6, 6.07) is 12.3. The van der Waals surface area contributed by atoms with Crippen LogP contribution in [0.1, 0.15) is 18.4 Å². The van der Waals surface area contributed by atoms with Crippen molar-refractivity contribution >= 4 is 10.8 Å². The van der Waals surface area contributed by atoms with E-state index in [1.54, 1.807) is 7.11 Å². The van der Waals surface area contributed by atoms with Crippen LogP contribution in [-0.2, 0) is 4.84 Å². The zero-order chi connectivity index (χ0) is 12.3. The molecule has 0 amide bonds. The number of methoxy groups -OCH3 is 1. The van der Waals surface area contributed by atoms with Crippen molar-refractivity contribution in [2.24, 2.45) is 5.90 Å². The summed E-state index contributed by atoms with van der Waals surface area (Å²) in [6.07, 6.45) is 0. The normalized spacial score (nSPS) is 12.6. The Balaban J connectivity index is 2.58. The van der Waals surface area contributed by atoms with Gasteiger partial charge in [0.2, 0.25) is 0 Å². The maximum atomic E-state index is 5.37. The summed E-state index contributed by atoms with van der Waals surface area (Å²) in [5.74, 6) is 6.30. The second-order valence-corrected chi connectivity index (χ2v) is 4.14. The Morgan fingerprint density at radius 2 is 1.82 bits per heavy atom. The zero-order valence-electron chi connectivity index (χ0n) is 10.1. The van der Waals surface area contributed by atoms with Gasteiger partial charge in [-0.05, 0) is 17.0 Å². The van der Waals surface area contributed by atoms with Crippen molar-refractivity contribution in [1.29, 1.82) is 0 Å². The van der Waals surface area contributed by atoms with E-state index in [1.165, 1.54) is 10.9 Å². The molecule has 0 spiro atoms. The van der Waals surface area contributed by atoms with E-state index >= 15 is 0 Å². The van der Waals surface area contributed by atoms with Crippen molar-refractivity contribution in [2.75, 3.05) is 13.7 Å². The van der Waals surface area contributed by atoms with E-state index < -0.39 is 0 Å². The molecule has 0 aliphatic carbocycles. The van der Waals surface area contributed by atoms with Crippen LogP contribution in [0.4, 0.5) is 0 Å². The minimum absolute atomic E-state index is 0.260. The third kappa shape index (κ3) is 2.25. The van der Waals surface area contributed by atoms with Crippen LogP contribution in [0.2, 0.25) is 0 Å². The number of hydrogen-bond acceptors (Lipinski definition) is 3. The highest BCUT2D eigenvalue weighted by Crippen LogP contribution is 2.32. The molecule has 2 aromatic carbocycles. The number of hydrogen-bond donors (Lipinski definition) is 1.